The van der Waals surface area contributed by atoms with Gasteiger partial charge in [0.1, 0.15) is 17.6 Å². The Morgan fingerprint density at radius 1 is 1.20 bits per heavy atom. The van der Waals surface area contributed by atoms with Crippen molar-refractivity contribution in [2.75, 3.05) is 12.4 Å². The van der Waals surface area contributed by atoms with E-state index in [1.165, 1.54) is 0 Å². The minimum atomic E-state index is 0.268. The van der Waals surface area contributed by atoms with Crippen LogP contribution in [-0.4, -0.2) is 17.1 Å². The standard InChI is InChI=1S/C12H9BrCl3N3O/c1-20-5-10-18-8(14)4-9(19-10)17-7-3-2-6(13)11(15)12(7)16/h2-4H,5H2,1H3,(H,17,18,19). The highest BCUT2D eigenvalue weighted by Crippen LogP contribution is 2.37. The number of rotatable bonds is 4. The topological polar surface area (TPSA) is 47.0 Å². The summed E-state index contributed by atoms with van der Waals surface area (Å²) in [6.07, 6.45) is 0. The third-order valence-corrected chi connectivity index (χ3v) is 4.28. The second kappa shape index (κ2) is 6.91. The molecule has 1 aromatic carbocycles. The minimum Gasteiger partial charge on any atom is -0.377 e. The maximum atomic E-state index is 6.16. The predicted octanol–water partition coefficient (Wildman–Crippen LogP) is 5.09. The lowest BCUT2D eigenvalue weighted by atomic mass is 10.3. The van der Waals surface area contributed by atoms with Crippen LogP contribution in [0.15, 0.2) is 22.7 Å². The van der Waals surface area contributed by atoms with Crippen LogP contribution >= 0.6 is 50.7 Å². The molecule has 0 bridgehead atoms. The molecule has 20 heavy (non-hydrogen) atoms. The first-order valence-electron chi connectivity index (χ1n) is 5.44. The Balaban J connectivity index is 2.32. The maximum Gasteiger partial charge on any atom is 0.158 e. The van der Waals surface area contributed by atoms with Crippen molar-refractivity contribution < 1.29 is 4.74 Å². The zero-order chi connectivity index (χ0) is 14.7. The van der Waals surface area contributed by atoms with E-state index in [1.807, 2.05) is 0 Å². The Bertz CT molecular complexity index is 640. The lowest BCUT2D eigenvalue weighted by Crippen LogP contribution is -2.02. The summed E-state index contributed by atoms with van der Waals surface area (Å²) in [5.74, 6) is 0.985. The first-order chi connectivity index (χ1) is 9.51. The molecule has 2 rings (SSSR count). The Kier molecular flexibility index (Phi) is 5.46. The smallest absolute Gasteiger partial charge is 0.158 e. The van der Waals surface area contributed by atoms with Crippen molar-refractivity contribution in [3.8, 4) is 0 Å². The lowest BCUT2D eigenvalue weighted by molar-refractivity contribution is 0.178. The van der Waals surface area contributed by atoms with Gasteiger partial charge in [-0.05, 0) is 28.1 Å². The van der Waals surface area contributed by atoms with Gasteiger partial charge < -0.3 is 10.1 Å². The molecule has 0 saturated carbocycles. The van der Waals surface area contributed by atoms with Gasteiger partial charge in [-0.3, -0.25) is 0 Å². The molecule has 0 aliphatic heterocycles. The van der Waals surface area contributed by atoms with E-state index < -0.39 is 0 Å². The molecule has 0 amide bonds. The van der Waals surface area contributed by atoms with Crippen LogP contribution in [0.25, 0.3) is 0 Å². The largest absolute Gasteiger partial charge is 0.377 e. The second-order valence-electron chi connectivity index (χ2n) is 3.77. The van der Waals surface area contributed by atoms with Crippen molar-refractivity contribution in [1.29, 1.82) is 0 Å². The van der Waals surface area contributed by atoms with Crippen LogP contribution in [-0.2, 0) is 11.3 Å². The monoisotopic (exact) mass is 395 g/mol. The first kappa shape index (κ1) is 15.8. The molecule has 1 N–H and O–H groups in total. The van der Waals surface area contributed by atoms with E-state index >= 15 is 0 Å². The van der Waals surface area contributed by atoms with E-state index in [0.717, 1.165) is 4.47 Å². The number of anilines is 2. The third-order valence-electron chi connectivity index (χ3n) is 2.31. The summed E-state index contributed by atoms with van der Waals surface area (Å²) in [7, 11) is 1.56. The van der Waals surface area contributed by atoms with Gasteiger partial charge in [0.15, 0.2) is 5.82 Å². The number of halogens is 4. The Hall–Kier alpha value is -0.590. The molecule has 8 heteroatoms. The van der Waals surface area contributed by atoms with E-state index in [0.29, 0.717) is 32.5 Å². The molecule has 0 unspecified atom stereocenters. The van der Waals surface area contributed by atoms with Crippen molar-refractivity contribution in [1.82, 2.24) is 9.97 Å². The third kappa shape index (κ3) is 3.74. The highest BCUT2D eigenvalue weighted by molar-refractivity contribution is 9.10. The molecule has 0 aliphatic rings. The molecule has 4 nitrogen and oxygen atoms in total. The molecule has 1 heterocycles. The predicted molar refractivity (Wildman–Crippen MR) is 85.2 cm³/mol. The van der Waals surface area contributed by atoms with Gasteiger partial charge in [-0.25, -0.2) is 9.97 Å². The molecular weight excluding hydrogens is 388 g/mol. The molecule has 0 aliphatic carbocycles. The van der Waals surface area contributed by atoms with Crippen LogP contribution < -0.4 is 5.32 Å². The Morgan fingerprint density at radius 3 is 2.65 bits per heavy atom. The molecule has 106 valence electrons. The van der Waals surface area contributed by atoms with Crippen molar-refractivity contribution in [2.45, 2.75) is 6.61 Å². The fourth-order valence-corrected chi connectivity index (χ4v) is 2.51. The summed E-state index contributed by atoms with van der Waals surface area (Å²) in [6, 6.07) is 5.16. The van der Waals surface area contributed by atoms with Crippen LogP contribution in [0.1, 0.15) is 5.82 Å². The zero-order valence-electron chi connectivity index (χ0n) is 10.3. The molecule has 0 fully saturated rings. The number of nitrogens with one attached hydrogen (secondary N) is 1. The molecule has 0 atom stereocenters. The zero-order valence-corrected chi connectivity index (χ0v) is 14.1. The Labute approximate surface area is 139 Å². The van der Waals surface area contributed by atoms with E-state index in [-0.39, 0.29) is 6.61 Å². The van der Waals surface area contributed by atoms with Gasteiger partial charge in [0, 0.05) is 17.6 Å². The Morgan fingerprint density at radius 2 is 1.95 bits per heavy atom. The lowest BCUT2D eigenvalue weighted by Gasteiger charge is -2.11. The van der Waals surface area contributed by atoms with Crippen LogP contribution in [0.5, 0.6) is 0 Å². The second-order valence-corrected chi connectivity index (χ2v) is 5.77. The van der Waals surface area contributed by atoms with Gasteiger partial charge >= 0.3 is 0 Å². The normalized spacial score (nSPS) is 10.7. The number of nitrogens with zero attached hydrogens (tertiary/aromatic N) is 2. The molecular formula is C12H9BrCl3N3O. The van der Waals surface area contributed by atoms with Gasteiger partial charge in [-0.15, -0.1) is 0 Å². The quantitative estimate of drug-likeness (QED) is 0.577. The summed E-state index contributed by atoms with van der Waals surface area (Å²) >= 11 is 21.5. The summed E-state index contributed by atoms with van der Waals surface area (Å²) in [5, 5.41) is 4.18. The number of aromatic nitrogens is 2. The molecule has 1 aromatic heterocycles. The highest BCUT2D eigenvalue weighted by Gasteiger charge is 2.10. The summed E-state index contributed by atoms with van der Waals surface area (Å²) < 4.78 is 5.70. The van der Waals surface area contributed by atoms with Crippen LogP contribution in [0, 0.1) is 0 Å². The fourth-order valence-electron chi connectivity index (χ4n) is 1.48. The van der Waals surface area contributed by atoms with Crippen LogP contribution in [0.4, 0.5) is 11.5 Å². The van der Waals surface area contributed by atoms with Gasteiger partial charge in [0.25, 0.3) is 0 Å². The number of benzene rings is 1. The summed E-state index contributed by atoms with van der Waals surface area (Å²) in [6.45, 7) is 0.268. The van der Waals surface area contributed by atoms with E-state index in [4.69, 9.17) is 39.5 Å². The molecule has 0 saturated heterocycles. The van der Waals surface area contributed by atoms with Crippen LogP contribution in [0.3, 0.4) is 0 Å². The van der Waals surface area contributed by atoms with Crippen LogP contribution in [0.2, 0.25) is 15.2 Å². The van der Waals surface area contributed by atoms with Gasteiger partial charge in [0.2, 0.25) is 0 Å². The summed E-state index contributed by atoms with van der Waals surface area (Å²) in [4.78, 5) is 8.31. The van der Waals surface area contributed by atoms with E-state index in [1.54, 1.807) is 25.3 Å². The SMILES string of the molecule is COCc1nc(Cl)cc(Nc2ccc(Br)c(Cl)c2Cl)n1. The molecule has 2 aromatic rings. The number of ether oxygens (including phenoxy) is 1. The van der Waals surface area contributed by atoms with Gasteiger partial charge in [-0.1, -0.05) is 34.8 Å². The van der Waals surface area contributed by atoms with Crippen molar-refractivity contribution in [3.63, 3.8) is 0 Å². The fraction of sp³-hybridized carbons (Fsp3) is 0.167. The average molecular weight is 397 g/mol. The van der Waals surface area contributed by atoms with Crippen molar-refractivity contribution >= 4 is 62.2 Å². The van der Waals surface area contributed by atoms with Crippen molar-refractivity contribution in [2.24, 2.45) is 0 Å². The number of methoxy groups -OCH3 is 1. The van der Waals surface area contributed by atoms with Gasteiger partial charge in [0.05, 0.1) is 15.7 Å². The first-order valence-corrected chi connectivity index (χ1v) is 7.37. The summed E-state index contributed by atoms with van der Waals surface area (Å²) in [5.41, 5.74) is 0.623. The highest BCUT2D eigenvalue weighted by atomic mass is 79.9. The number of hydrogen-bond donors (Lipinski definition) is 1. The maximum absolute atomic E-state index is 6.16. The molecule has 0 radical (unpaired) electrons. The number of hydrogen-bond acceptors (Lipinski definition) is 4. The van der Waals surface area contributed by atoms with E-state index in [2.05, 4.69) is 31.2 Å². The average Bonchev–Trinajstić information content (AvgIpc) is 2.39. The van der Waals surface area contributed by atoms with Crippen molar-refractivity contribution in [3.05, 3.63) is 43.7 Å². The van der Waals surface area contributed by atoms with Gasteiger partial charge in [-0.2, -0.15) is 0 Å². The minimum absolute atomic E-state index is 0.268. The van der Waals surface area contributed by atoms with E-state index in [9.17, 15) is 0 Å². The molecule has 0 spiro atoms.